The summed E-state index contributed by atoms with van der Waals surface area (Å²) in [6.07, 6.45) is 7.18. The molecule has 4 N–H and O–H groups in total. The van der Waals surface area contributed by atoms with Crippen molar-refractivity contribution in [3.05, 3.63) is 10.4 Å². The molecule has 4 atom stereocenters. The summed E-state index contributed by atoms with van der Waals surface area (Å²) in [6, 6.07) is -0.101. The molecule has 0 aliphatic heterocycles. The molecule has 2 saturated carbocycles. The predicted molar refractivity (Wildman–Crippen MR) is 131 cm³/mol. The summed E-state index contributed by atoms with van der Waals surface area (Å²) in [7, 11) is 0. The summed E-state index contributed by atoms with van der Waals surface area (Å²) in [4.78, 5) is 25.9. The van der Waals surface area contributed by atoms with Crippen LogP contribution in [0.5, 0.6) is 0 Å². The van der Waals surface area contributed by atoms with E-state index in [1.165, 1.54) is 0 Å². The van der Waals surface area contributed by atoms with Crippen molar-refractivity contribution in [2.24, 2.45) is 10.8 Å². The Morgan fingerprint density at radius 3 is 1.73 bits per heavy atom. The zero-order chi connectivity index (χ0) is 24.4. The molecule has 10 nitrogen and oxygen atoms in total. The van der Waals surface area contributed by atoms with Gasteiger partial charge in [0.15, 0.2) is 0 Å². The van der Waals surface area contributed by atoms with Gasteiger partial charge >= 0.3 is 12.2 Å². The monoisotopic (exact) mass is 470 g/mol. The number of alkyl carbamates (subject to hydrolysis) is 2. The van der Waals surface area contributed by atoms with Gasteiger partial charge < -0.3 is 25.8 Å². The topological polar surface area (TPSA) is 151 Å². The van der Waals surface area contributed by atoms with Crippen LogP contribution in [0.25, 0.3) is 10.4 Å². The van der Waals surface area contributed by atoms with Gasteiger partial charge in [-0.25, -0.2) is 9.59 Å². The maximum atomic E-state index is 11.6. The minimum atomic E-state index is -0.507. The van der Waals surface area contributed by atoms with Crippen LogP contribution >= 0.6 is 0 Å². The van der Waals surface area contributed by atoms with Gasteiger partial charge in [-0.3, -0.25) is 0 Å². The van der Waals surface area contributed by atoms with E-state index >= 15 is 0 Å². The third-order valence-corrected chi connectivity index (χ3v) is 5.15. The van der Waals surface area contributed by atoms with E-state index in [0.29, 0.717) is 0 Å². The first-order valence-corrected chi connectivity index (χ1v) is 11.6. The summed E-state index contributed by atoms with van der Waals surface area (Å²) in [5.41, 5.74) is 13.4. The Balaban J connectivity index is 0.000000607. The lowest BCUT2D eigenvalue weighted by Gasteiger charge is -2.30. The standard InChI is InChI=1S/C11H20N4O2.C11H22N2O2.CH4/c1-11(2,3)17-10(16)13-8-6-4-5-7-9(8)14-15-12;1-11(2,3)15-10(14)13-9-7-5-4-6-8(9)12;/h8-9H,4-7H2,1-3H3,(H,13,16);8-9H,4-7,12H2,1-3H3,(H,13,14);1H4/t2*8-,9+;/m10./s1. The Morgan fingerprint density at radius 1 is 0.848 bits per heavy atom. The molecule has 0 radical (unpaired) electrons. The Kier molecular flexibility index (Phi) is 13.2. The Bertz CT molecular complexity index is 652. The van der Waals surface area contributed by atoms with Crippen molar-refractivity contribution in [2.75, 3.05) is 0 Å². The molecule has 0 heterocycles. The summed E-state index contributed by atoms with van der Waals surface area (Å²) in [5, 5.41) is 9.35. The maximum absolute atomic E-state index is 11.6. The molecule has 2 rings (SSSR count). The van der Waals surface area contributed by atoms with Crippen LogP contribution in [0.15, 0.2) is 5.11 Å². The molecule has 2 aliphatic carbocycles. The zero-order valence-electron chi connectivity index (χ0n) is 20.5. The van der Waals surface area contributed by atoms with Gasteiger partial charge in [-0.1, -0.05) is 38.2 Å². The highest BCUT2D eigenvalue weighted by atomic mass is 16.6. The summed E-state index contributed by atoms with van der Waals surface area (Å²) in [6.45, 7) is 11.0. The van der Waals surface area contributed by atoms with Gasteiger partial charge in [-0.05, 0) is 72.8 Å². The quantitative estimate of drug-likeness (QED) is 0.280. The Hall–Kier alpha value is -2.19. The number of nitrogens with zero attached hydrogens (tertiary/aromatic N) is 3. The van der Waals surface area contributed by atoms with Crippen LogP contribution in [0.2, 0.25) is 0 Å². The van der Waals surface area contributed by atoms with Crippen LogP contribution in [0.3, 0.4) is 0 Å². The molecule has 0 spiro atoms. The molecule has 0 bridgehead atoms. The number of nitrogens with two attached hydrogens (primary N) is 1. The van der Waals surface area contributed by atoms with Gasteiger partial charge in [0.25, 0.3) is 0 Å². The average Bonchev–Trinajstić information content (AvgIpc) is 2.63. The van der Waals surface area contributed by atoms with Crippen LogP contribution in [0.4, 0.5) is 9.59 Å². The van der Waals surface area contributed by atoms with Crippen LogP contribution in [0, 0.1) is 0 Å². The fourth-order valence-electron chi connectivity index (χ4n) is 3.74. The Labute approximate surface area is 199 Å². The molecule has 0 aromatic heterocycles. The first-order chi connectivity index (χ1) is 14.8. The van der Waals surface area contributed by atoms with Crippen molar-refractivity contribution < 1.29 is 19.1 Å². The Morgan fingerprint density at radius 2 is 1.27 bits per heavy atom. The number of carbonyl (C=O) groups is 2. The highest BCUT2D eigenvalue weighted by molar-refractivity contribution is 5.68. The number of azide groups is 1. The molecule has 192 valence electrons. The van der Waals surface area contributed by atoms with Gasteiger partial charge in [0.05, 0.1) is 6.04 Å². The van der Waals surface area contributed by atoms with Gasteiger partial charge in [-0.15, -0.1) is 0 Å². The van der Waals surface area contributed by atoms with Crippen molar-refractivity contribution in [2.45, 2.75) is 136 Å². The number of hydrogen-bond acceptors (Lipinski definition) is 6. The van der Waals surface area contributed by atoms with E-state index in [1.807, 2.05) is 41.5 Å². The summed E-state index contributed by atoms with van der Waals surface area (Å²) < 4.78 is 10.4. The molecule has 2 amide bonds. The van der Waals surface area contributed by atoms with Crippen LogP contribution < -0.4 is 16.4 Å². The van der Waals surface area contributed by atoms with Crippen molar-refractivity contribution >= 4 is 12.2 Å². The van der Waals surface area contributed by atoms with Gasteiger partial charge in [0.2, 0.25) is 0 Å². The van der Waals surface area contributed by atoms with E-state index in [9.17, 15) is 9.59 Å². The fraction of sp³-hybridized carbons (Fsp3) is 0.913. The van der Waals surface area contributed by atoms with E-state index < -0.39 is 17.3 Å². The third kappa shape index (κ3) is 13.8. The van der Waals surface area contributed by atoms with E-state index in [-0.39, 0.29) is 37.7 Å². The van der Waals surface area contributed by atoms with Crippen molar-refractivity contribution in [1.82, 2.24) is 10.6 Å². The first kappa shape index (κ1) is 30.8. The lowest BCUT2D eigenvalue weighted by atomic mass is 9.91. The van der Waals surface area contributed by atoms with Crippen molar-refractivity contribution in [3.63, 3.8) is 0 Å². The molecule has 0 saturated heterocycles. The second-order valence-corrected chi connectivity index (χ2v) is 10.5. The smallest absolute Gasteiger partial charge is 0.407 e. The fourth-order valence-corrected chi connectivity index (χ4v) is 3.74. The van der Waals surface area contributed by atoms with Crippen molar-refractivity contribution in [1.29, 1.82) is 0 Å². The van der Waals surface area contributed by atoms with E-state index in [4.69, 9.17) is 20.7 Å². The lowest BCUT2D eigenvalue weighted by molar-refractivity contribution is 0.0474. The molecular weight excluding hydrogens is 424 g/mol. The maximum Gasteiger partial charge on any atom is 0.407 e. The third-order valence-electron chi connectivity index (χ3n) is 5.15. The molecule has 0 aromatic rings. The number of hydrogen-bond donors (Lipinski definition) is 3. The van der Waals surface area contributed by atoms with Gasteiger partial charge in [0, 0.05) is 23.0 Å². The van der Waals surface area contributed by atoms with Crippen LogP contribution in [0.1, 0.15) is 100 Å². The number of carbonyl (C=O) groups excluding carboxylic acids is 2. The van der Waals surface area contributed by atoms with Gasteiger partial charge in [0.1, 0.15) is 11.2 Å². The molecule has 33 heavy (non-hydrogen) atoms. The minimum Gasteiger partial charge on any atom is -0.444 e. The van der Waals surface area contributed by atoms with Crippen molar-refractivity contribution in [3.8, 4) is 0 Å². The molecular formula is C23H46N6O4. The molecule has 10 heteroatoms. The number of rotatable bonds is 3. The normalized spacial score (nSPS) is 25.1. The summed E-state index contributed by atoms with van der Waals surface area (Å²) >= 11 is 0. The van der Waals surface area contributed by atoms with Gasteiger partial charge in [-0.2, -0.15) is 0 Å². The number of nitrogens with one attached hydrogen (secondary N) is 2. The molecule has 0 aromatic carbocycles. The van der Waals surface area contributed by atoms with E-state index in [0.717, 1.165) is 51.4 Å². The second-order valence-electron chi connectivity index (χ2n) is 10.5. The average molecular weight is 471 g/mol. The lowest BCUT2D eigenvalue weighted by Crippen LogP contribution is -2.50. The molecule has 2 aliphatic rings. The highest BCUT2D eigenvalue weighted by Gasteiger charge is 2.28. The number of amides is 2. The number of ether oxygens (including phenoxy) is 2. The SMILES string of the molecule is C.CC(C)(C)OC(=O)N[C@@H]1CCCC[C@@H]1N.CC(C)(C)OC(=O)N[C@@H]1CCCC[C@@H]1N=[N+]=[N-]. The van der Waals surface area contributed by atoms with Crippen LogP contribution in [-0.4, -0.2) is 47.6 Å². The van der Waals surface area contributed by atoms with Crippen LogP contribution in [-0.2, 0) is 9.47 Å². The largest absolute Gasteiger partial charge is 0.444 e. The zero-order valence-corrected chi connectivity index (χ0v) is 20.5. The summed E-state index contributed by atoms with van der Waals surface area (Å²) in [5.74, 6) is 0. The van der Waals surface area contributed by atoms with E-state index in [1.54, 1.807) is 0 Å². The molecule has 0 unspecified atom stereocenters. The first-order valence-electron chi connectivity index (χ1n) is 11.6. The second kappa shape index (κ2) is 14.2. The highest BCUT2D eigenvalue weighted by Crippen LogP contribution is 2.22. The minimum absolute atomic E-state index is 0. The predicted octanol–water partition coefficient (Wildman–Crippen LogP) is 5.55. The van der Waals surface area contributed by atoms with E-state index in [2.05, 4.69) is 20.7 Å². The molecule has 2 fully saturated rings.